The Morgan fingerprint density at radius 3 is 2.67 bits per heavy atom. The molecule has 0 saturated heterocycles. The van der Waals surface area contributed by atoms with Gasteiger partial charge in [0.1, 0.15) is 11.5 Å². The van der Waals surface area contributed by atoms with E-state index >= 15 is 0 Å². The molecule has 2 nitrogen and oxygen atoms in total. The zero-order chi connectivity index (χ0) is 14.7. The zero-order valence-electron chi connectivity index (χ0n) is 12.4. The molecule has 0 aromatic heterocycles. The maximum atomic E-state index is 11.3. The fraction of sp³-hybridized carbons (Fsp3) is 0.611. The average Bonchev–Trinajstić information content (AvgIpc) is 2.70. The standard InChI is InChI=1S/C18H23ClO2/c19-17-3-1-2-15-12-14(10-11-21-18(15)17)5-4-13-6-8-16(20)9-7-13/h1-3,13-14H,4-12H2. The molecule has 0 spiro atoms. The molecule has 0 bridgehead atoms. The van der Waals surface area contributed by atoms with E-state index in [2.05, 4.69) is 6.07 Å². The SMILES string of the molecule is O=C1CCC(CCC2CCOc3c(Cl)cccc3C2)CC1. The minimum Gasteiger partial charge on any atom is -0.492 e. The molecular weight excluding hydrogens is 284 g/mol. The second-order valence-corrected chi connectivity index (χ2v) is 6.90. The Kier molecular flexibility index (Phi) is 4.84. The molecule has 1 aromatic rings. The third-order valence-electron chi connectivity index (χ3n) is 4.98. The number of fused-ring (bicyclic) bond motifs is 1. The number of ether oxygens (including phenoxy) is 1. The first kappa shape index (κ1) is 14.9. The molecule has 0 radical (unpaired) electrons. The van der Waals surface area contributed by atoms with Crippen molar-refractivity contribution in [3.63, 3.8) is 0 Å². The summed E-state index contributed by atoms with van der Waals surface area (Å²) >= 11 is 6.22. The molecule has 1 atom stereocenters. The summed E-state index contributed by atoms with van der Waals surface area (Å²) in [6, 6.07) is 6.05. The summed E-state index contributed by atoms with van der Waals surface area (Å²) in [4.78, 5) is 11.3. The Morgan fingerprint density at radius 1 is 1.10 bits per heavy atom. The molecule has 1 aliphatic carbocycles. The van der Waals surface area contributed by atoms with Crippen LogP contribution in [0.15, 0.2) is 18.2 Å². The van der Waals surface area contributed by atoms with Gasteiger partial charge in [0, 0.05) is 12.8 Å². The van der Waals surface area contributed by atoms with Crippen molar-refractivity contribution < 1.29 is 9.53 Å². The van der Waals surface area contributed by atoms with Crippen LogP contribution in [0, 0.1) is 11.8 Å². The first-order valence-electron chi connectivity index (χ1n) is 8.14. The molecule has 21 heavy (non-hydrogen) atoms. The van der Waals surface area contributed by atoms with E-state index in [-0.39, 0.29) is 0 Å². The van der Waals surface area contributed by atoms with Crippen LogP contribution in [0.1, 0.15) is 50.5 Å². The topological polar surface area (TPSA) is 26.3 Å². The Labute approximate surface area is 131 Å². The van der Waals surface area contributed by atoms with E-state index < -0.39 is 0 Å². The highest BCUT2D eigenvalue weighted by Gasteiger charge is 2.23. The minimum absolute atomic E-state index is 0.456. The monoisotopic (exact) mass is 306 g/mol. The predicted octanol–water partition coefficient (Wildman–Crippen LogP) is 4.82. The van der Waals surface area contributed by atoms with E-state index in [1.165, 1.54) is 18.4 Å². The highest BCUT2D eigenvalue weighted by molar-refractivity contribution is 6.32. The number of Topliss-reactive ketones (excluding diaryl/α,β-unsaturated/α-hetero) is 1. The van der Waals surface area contributed by atoms with E-state index in [9.17, 15) is 4.79 Å². The van der Waals surface area contributed by atoms with Gasteiger partial charge in [-0.15, -0.1) is 0 Å². The summed E-state index contributed by atoms with van der Waals surface area (Å²) in [5.74, 6) is 2.79. The number of carbonyl (C=O) groups excluding carboxylic acids is 1. The molecule has 1 heterocycles. The number of para-hydroxylation sites is 1. The zero-order valence-corrected chi connectivity index (χ0v) is 13.2. The molecule has 2 aliphatic rings. The molecule has 3 heteroatoms. The highest BCUT2D eigenvalue weighted by atomic mass is 35.5. The molecule has 3 rings (SSSR count). The van der Waals surface area contributed by atoms with E-state index in [1.54, 1.807) is 0 Å². The largest absolute Gasteiger partial charge is 0.492 e. The van der Waals surface area contributed by atoms with Gasteiger partial charge in [-0.1, -0.05) is 30.2 Å². The smallest absolute Gasteiger partial charge is 0.141 e. The number of rotatable bonds is 3. The number of carbonyl (C=O) groups is 1. The van der Waals surface area contributed by atoms with Crippen LogP contribution in [0.25, 0.3) is 0 Å². The lowest BCUT2D eigenvalue weighted by molar-refractivity contribution is -0.121. The molecule has 1 aliphatic heterocycles. The van der Waals surface area contributed by atoms with E-state index in [4.69, 9.17) is 16.3 Å². The summed E-state index contributed by atoms with van der Waals surface area (Å²) in [6.45, 7) is 0.768. The lowest BCUT2D eigenvalue weighted by Crippen LogP contribution is -2.15. The molecule has 0 amide bonds. The van der Waals surface area contributed by atoms with Crippen molar-refractivity contribution in [3.05, 3.63) is 28.8 Å². The summed E-state index contributed by atoms with van der Waals surface area (Å²) in [6.07, 6.45) is 8.49. The van der Waals surface area contributed by atoms with Gasteiger partial charge in [-0.2, -0.15) is 0 Å². The third-order valence-corrected chi connectivity index (χ3v) is 5.27. The van der Waals surface area contributed by atoms with Crippen molar-refractivity contribution in [2.75, 3.05) is 6.61 Å². The number of hydrogen-bond donors (Lipinski definition) is 0. The quantitative estimate of drug-likeness (QED) is 0.800. The van der Waals surface area contributed by atoms with E-state index in [0.29, 0.717) is 11.7 Å². The van der Waals surface area contributed by atoms with Gasteiger partial charge in [-0.05, 0) is 55.6 Å². The van der Waals surface area contributed by atoms with E-state index in [1.807, 2.05) is 12.1 Å². The van der Waals surface area contributed by atoms with Gasteiger partial charge >= 0.3 is 0 Å². The minimum atomic E-state index is 0.456. The van der Waals surface area contributed by atoms with Crippen LogP contribution in [-0.2, 0) is 11.2 Å². The Hall–Kier alpha value is -1.02. The molecule has 0 N–H and O–H groups in total. The van der Waals surface area contributed by atoms with Crippen LogP contribution in [0.5, 0.6) is 5.75 Å². The average molecular weight is 307 g/mol. The maximum Gasteiger partial charge on any atom is 0.141 e. The molecule has 1 saturated carbocycles. The van der Waals surface area contributed by atoms with Gasteiger partial charge in [-0.3, -0.25) is 4.79 Å². The number of benzene rings is 1. The second-order valence-electron chi connectivity index (χ2n) is 6.49. The van der Waals surface area contributed by atoms with Crippen LogP contribution < -0.4 is 4.74 Å². The van der Waals surface area contributed by atoms with Crippen LogP contribution in [-0.4, -0.2) is 12.4 Å². The van der Waals surface area contributed by atoms with Gasteiger partial charge in [-0.25, -0.2) is 0 Å². The summed E-state index contributed by atoms with van der Waals surface area (Å²) in [5, 5.41) is 0.735. The molecule has 1 aromatic carbocycles. The van der Waals surface area contributed by atoms with Crippen molar-refractivity contribution in [2.45, 2.75) is 51.4 Å². The number of halogens is 1. The van der Waals surface area contributed by atoms with Crippen LogP contribution in [0.3, 0.4) is 0 Å². The fourth-order valence-electron chi connectivity index (χ4n) is 3.62. The van der Waals surface area contributed by atoms with Gasteiger partial charge in [0.25, 0.3) is 0 Å². The Morgan fingerprint density at radius 2 is 1.86 bits per heavy atom. The van der Waals surface area contributed by atoms with Crippen molar-refractivity contribution in [1.29, 1.82) is 0 Å². The van der Waals surface area contributed by atoms with Crippen molar-refractivity contribution in [3.8, 4) is 5.75 Å². The lowest BCUT2D eigenvalue weighted by Gasteiger charge is -2.23. The summed E-state index contributed by atoms with van der Waals surface area (Å²) in [5.41, 5.74) is 1.25. The molecule has 1 unspecified atom stereocenters. The van der Waals surface area contributed by atoms with Gasteiger partial charge in [0.15, 0.2) is 0 Å². The van der Waals surface area contributed by atoms with Crippen molar-refractivity contribution in [1.82, 2.24) is 0 Å². The van der Waals surface area contributed by atoms with Crippen molar-refractivity contribution in [2.24, 2.45) is 11.8 Å². The fourth-order valence-corrected chi connectivity index (χ4v) is 3.87. The molecular formula is C18H23ClO2. The Balaban J connectivity index is 1.56. The van der Waals surface area contributed by atoms with Gasteiger partial charge in [0.2, 0.25) is 0 Å². The maximum absolute atomic E-state index is 11.3. The second kappa shape index (κ2) is 6.83. The number of hydrogen-bond acceptors (Lipinski definition) is 2. The third kappa shape index (κ3) is 3.79. The first-order valence-corrected chi connectivity index (χ1v) is 8.52. The van der Waals surface area contributed by atoms with Gasteiger partial charge in [0.05, 0.1) is 11.6 Å². The first-order chi connectivity index (χ1) is 10.2. The van der Waals surface area contributed by atoms with Gasteiger partial charge < -0.3 is 4.74 Å². The molecule has 114 valence electrons. The molecule has 1 fully saturated rings. The van der Waals surface area contributed by atoms with Crippen LogP contribution in [0.4, 0.5) is 0 Å². The van der Waals surface area contributed by atoms with E-state index in [0.717, 1.165) is 61.8 Å². The number of ketones is 1. The highest BCUT2D eigenvalue weighted by Crippen LogP contribution is 2.36. The Bertz CT molecular complexity index is 502. The lowest BCUT2D eigenvalue weighted by atomic mass is 9.82. The summed E-state index contributed by atoms with van der Waals surface area (Å²) in [7, 11) is 0. The predicted molar refractivity (Wildman–Crippen MR) is 85.0 cm³/mol. The van der Waals surface area contributed by atoms with Crippen LogP contribution in [0.2, 0.25) is 5.02 Å². The van der Waals surface area contributed by atoms with Crippen molar-refractivity contribution >= 4 is 17.4 Å². The summed E-state index contributed by atoms with van der Waals surface area (Å²) < 4.78 is 5.84. The normalized spacial score (nSPS) is 23.3. The van der Waals surface area contributed by atoms with Crippen LogP contribution >= 0.6 is 11.6 Å².